The Morgan fingerprint density at radius 2 is 1.96 bits per heavy atom. The van der Waals surface area contributed by atoms with E-state index in [0.29, 0.717) is 36.8 Å². The predicted octanol–water partition coefficient (Wildman–Crippen LogP) is 2.66. The molecule has 0 saturated carbocycles. The maximum absolute atomic E-state index is 13.5. The third-order valence-electron chi connectivity index (χ3n) is 5.22. The van der Waals surface area contributed by atoms with Crippen molar-refractivity contribution in [3.05, 3.63) is 35.6 Å². The molecular weight excluding hydrogens is 321 g/mol. The first-order valence-corrected chi connectivity index (χ1v) is 9.31. The number of rotatable bonds is 7. The van der Waals surface area contributed by atoms with Crippen LogP contribution in [0, 0.1) is 5.82 Å². The van der Waals surface area contributed by atoms with E-state index in [1.54, 1.807) is 12.1 Å². The molecule has 1 amide bonds. The largest absolute Gasteiger partial charge is 0.450 e. The molecule has 2 aliphatic rings. The maximum Gasteiger partial charge on any atom is 0.410 e. The highest BCUT2D eigenvalue weighted by Crippen LogP contribution is 2.36. The molecule has 2 atom stereocenters. The van der Waals surface area contributed by atoms with Crippen LogP contribution >= 0.6 is 0 Å². The first-order chi connectivity index (χ1) is 12.2. The SMILES string of the molecule is CCOC(=O)N1C2CCC1CC(NCCNCc1ccccc1F)C2. The molecule has 3 rings (SSSR count). The van der Waals surface area contributed by atoms with Crippen LogP contribution in [0.2, 0.25) is 0 Å². The van der Waals surface area contributed by atoms with Crippen molar-refractivity contribution in [1.82, 2.24) is 15.5 Å². The van der Waals surface area contributed by atoms with Crippen molar-refractivity contribution in [2.75, 3.05) is 19.7 Å². The number of halogens is 1. The lowest BCUT2D eigenvalue weighted by Gasteiger charge is -2.38. The average Bonchev–Trinajstić information content (AvgIpc) is 2.87. The van der Waals surface area contributed by atoms with E-state index in [2.05, 4.69) is 10.6 Å². The molecule has 25 heavy (non-hydrogen) atoms. The number of piperidine rings is 1. The molecule has 0 spiro atoms. The minimum absolute atomic E-state index is 0.153. The van der Waals surface area contributed by atoms with Crippen molar-refractivity contribution in [1.29, 1.82) is 0 Å². The van der Waals surface area contributed by atoms with Gasteiger partial charge in [0.15, 0.2) is 0 Å². The molecule has 2 saturated heterocycles. The van der Waals surface area contributed by atoms with Crippen LogP contribution in [0.5, 0.6) is 0 Å². The minimum atomic E-state index is -0.161. The van der Waals surface area contributed by atoms with Crippen molar-refractivity contribution < 1.29 is 13.9 Å². The van der Waals surface area contributed by atoms with E-state index in [0.717, 1.165) is 38.8 Å². The smallest absolute Gasteiger partial charge is 0.410 e. The molecule has 2 bridgehead atoms. The number of benzene rings is 1. The van der Waals surface area contributed by atoms with Gasteiger partial charge in [0.1, 0.15) is 5.82 Å². The van der Waals surface area contributed by atoms with Crippen LogP contribution in [0.3, 0.4) is 0 Å². The Kier molecular flexibility index (Phi) is 6.26. The summed E-state index contributed by atoms with van der Waals surface area (Å²) < 4.78 is 18.7. The Labute approximate surface area is 148 Å². The molecule has 2 fully saturated rings. The summed E-state index contributed by atoms with van der Waals surface area (Å²) in [5, 5.41) is 6.86. The van der Waals surface area contributed by atoms with Crippen LogP contribution in [0.15, 0.2) is 24.3 Å². The van der Waals surface area contributed by atoms with E-state index >= 15 is 0 Å². The zero-order valence-corrected chi connectivity index (χ0v) is 14.8. The van der Waals surface area contributed by atoms with Gasteiger partial charge >= 0.3 is 6.09 Å². The Morgan fingerprint density at radius 3 is 2.64 bits per heavy atom. The van der Waals surface area contributed by atoms with Crippen LogP contribution in [0.1, 0.15) is 38.2 Å². The zero-order chi connectivity index (χ0) is 17.6. The number of fused-ring (bicyclic) bond motifs is 2. The molecule has 0 aromatic heterocycles. The lowest BCUT2D eigenvalue weighted by molar-refractivity contribution is 0.0661. The first kappa shape index (κ1) is 18.1. The van der Waals surface area contributed by atoms with Crippen molar-refractivity contribution in [2.24, 2.45) is 0 Å². The fourth-order valence-electron chi connectivity index (χ4n) is 4.07. The summed E-state index contributed by atoms with van der Waals surface area (Å²) in [5.41, 5.74) is 0.697. The number of nitrogens with zero attached hydrogens (tertiary/aromatic N) is 1. The number of ether oxygens (including phenoxy) is 1. The second-order valence-corrected chi connectivity index (χ2v) is 6.88. The molecule has 0 aliphatic carbocycles. The van der Waals surface area contributed by atoms with Gasteiger partial charge in [-0.3, -0.25) is 0 Å². The van der Waals surface area contributed by atoms with Crippen LogP contribution in [-0.2, 0) is 11.3 Å². The summed E-state index contributed by atoms with van der Waals surface area (Å²) in [5.74, 6) is -0.161. The summed E-state index contributed by atoms with van der Waals surface area (Å²) in [4.78, 5) is 14.0. The van der Waals surface area contributed by atoms with Gasteiger partial charge < -0.3 is 20.3 Å². The van der Waals surface area contributed by atoms with Crippen LogP contribution in [0.25, 0.3) is 0 Å². The summed E-state index contributed by atoms with van der Waals surface area (Å²) in [6.07, 6.45) is 3.98. The Morgan fingerprint density at radius 1 is 1.24 bits per heavy atom. The molecule has 2 aliphatic heterocycles. The molecular formula is C19H28FN3O2. The highest BCUT2D eigenvalue weighted by atomic mass is 19.1. The number of nitrogens with one attached hydrogen (secondary N) is 2. The van der Waals surface area contributed by atoms with Gasteiger partial charge in [-0.1, -0.05) is 18.2 Å². The third kappa shape index (κ3) is 4.50. The topological polar surface area (TPSA) is 53.6 Å². The van der Waals surface area contributed by atoms with Gasteiger partial charge in [0, 0.05) is 43.3 Å². The average molecular weight is 349 g/mol. The molecule has 2 N–H and O–H groups in total. The molecule has 2 unspecified atom stereocenters. The molecule has 6 heteroatoms. The zero-order valence-electron chi connectivity index (χ0n) is 14.8. The lowest BCUT2D eigenvalue weighted by atomic mass is 9.98. The van der Waals surface area contributed by atoms with Gasteiger partial charge in [-0.2, -0.15) is 0 Å². The quantitative estimate of drug-likeness (QED) is 0.743. The normalized spacial score (nSPS) is 25.2. The summed E-state index contributed by atoms with van der Waals surface area (Å²) in [6.45, 7) is 4.47. The first-order valence-electron chi connectivity index (χ1n) is 9.31. The Bertz CT molecular complexity index is 570. The van der Waals surface area contributed by atoms with E-state index in [1.165, 1.54) is 6.07 Å². The van der Waals surface area contributed by atoms with E-state index < -0.39 is 0 Å². The fourth-order valence-corrected chi connectivity index (χ4v) is 4.07. The van der Waals surface area contributed by atoms with Gasteiger partial charge in [-0.05, 0) is 38.7 Å². The van der Waals surface area contributed by atoms with E-state index in [-0.39, 0.29) is 11.9 Å². The van der Waals surface area contributed by atoms with E-state index in [1.807, 2.05) is 17.9 Å². The third-order valence-corrected chi connectivity index (χ3v) is 5.22. The van der Waals surface area contributed by atoms with Crippen molar-refractivity contribution in [3.8, 4) is 0 Å². The standard InChI is InChI=1S/C19H28FN3O2/c1-2-25-19(24)23-16-7-8-17(23)12-15(11-16)22-10-9-21-13-14-5-3-4-6-18(14)20/h3-6,15-17,21-22H,2,7-13H2,1H3. The van der Waals surface area contributed by atoms with Gasteiger partial charge in [-0.15, -0.1) is 0 Å². The van der Waals surface area contributed by atoms with E-state index in [4.69, 9.17) is 4.74 Å². The fraction of sp³-hybridized carbons (Fsp3) is 0.632. The number of carbonyl (C=O) groups excluding carboxylic acids is 1. The van der Waals surface area contributed by atoms with Crippen molar-refractivity contribution in [3.63, 3.8) is 0 Å². The van der Waals surface area contributed by atoms with Crippen LogP contribution < -0.4 is 10.6 Å². The highest BCUT2D eigenvalue weighted by molar-refractivity contribution is 5.69. The monoisotopic (exact) mass is 349 g/mol. The Hall–Kier alpha value is -1.66. The minimum Gasteiger partial charge on any atom is -0.450 e. The number of amides is 1. The molecule has 2 heterocycles. The maximum atomic E-state index is 13.5. The summed E-state index contributed by atoms with van der Waals surface area (Å²) in [7, 11) is 0. The number of hydrogen-bond acceptors (Lipinski definition) is 4. The predicted molar refractivity (Wildman–Crippen MR) is 94.8 cm³/mol. The molecule has 1 aromatic rings. The molecule has 0 radical (unpaired) electrons. The molecule has 138 valence electrons. The van der Waals surface area contributed by atoms with Gasteiger partial charge in [0.25, 0.3) is 0 Å². The van der Waals surface area contributed by atoms with Crippen LogP contribution in [0.4, 0.5) is 9.18 Å². The summed E-state index contributed by atoms with van der Waals surface area (Å²) in [6, 6.07) is 7.91. The number of carbonyl (C=O) groups is 1. The molecule has 1 aromatic carbocycles. The lowest BCUT2D eigenvalue weighted by Crippen LogP contribution is -2.52. The van der Waals surface area contributed by atoms with Crippen LogP contribution in [-0.4, -0.2) is 48.8 Å². The van der Waals surface area contributed by atoms with Gasteiger partial charge in [0.2, 0.25) is 0 Å². The van der Waals surface area contributed by atoms with Gasteiger partial charge in [0.05, 0.1) is 6.61 Å². The Balaban J connectivity index is 1.37. The summed E-state index contributed by atoms with van der Waals surface area (Å²) >= 11 is 0. The number of hydrogen-bond donors (Lipinski definition) is 2. The second-order valence-electron chi connectivity index (χ2n) is 6.88. The van der Waals surface area contributed by atoms with Crippen molar-refractivity contribution >= 4 is 6.09 Å². The van der Waals surface area contributed by atoms with Crippen molar-refractivity contribution in [2.45, 2.75) is 57.3 Å². The highest BCUT2D eigenvalue weighted by Gasteiger charge is 2.43. The van der Waals surface area contributed by atoms with Gasteiger partial charge in [-0.25, -0.2) is 9.18 Å². The molecule has 5 nitrogen and oxygen atoms in total. The van der Waals surface area contributed by atoms with E-state index in [9.17, 15) is 9.18 Å². The second kappa shape index (κ2) is 8.63.